The highest BCUT2D eigenvalue weighted by Gasteiger charge is 2.36. The van der Waals surface area contributed by atoms with Crippen LogP contribution < -0.4 is 16.1 Å². The number of rotatable bonds is 12. The Hall–Kier alpha value is -2.36. The summed E-state index contributed by atoms with van der Waals surface area (Å²) in [7, 11) is 1.53. The van der Waals surface area contributed by atoms with E-state index in [0.717, 1.165) is 9.77 Å². The maximum Gasteiger partial charge on any atom is 0.248 e. The van der Waals surface area contributed by atoms with Gasteiger partial charge in [-0.15, -0.1) is 23.1 Å². The number of nitrogens with one attached hydrogen (secondary N) is 3. The molecule has 0 radical (unpaired) electrons. The molecule has 0 spiro atoms. The predicted octanol–water partition coefficient (Wildman–Crippen LogP) is 3.10. The lowest BCUT2D eigenvalue weighted by atomic mass is 9.84. The van der Waals surface area contributed by atoms with Crippen LogP contribution in [-0.2, 0) is 20.8 Å². The lowest BCUT2D eigenvalue weighted by Gasteiger charge is -2.28. The Bertz CT molecular complexity index is 859. The van der Waals surface area contributed by atoms with Crippen LogP contribution in [0.3, 0.4) is 0 Å². The van der Waals surface area contributed by atoms with Crippen LogP contribution in [-0.4, -0.2) is 41.8 Å². The molecule has 4 N–H and O–H groups in total. The molecule has 1 aromatic carbocycles. The molecule has 32 heavy (non-hydrogen) atoms. The van der Waals surface area contributed by atoms with E-state index in [2.05, 4.69) is 10.6 Å². The molecule has 0 fully saturated rings. The Morgan fingerprint density at radius 1 is 1.00 bits per heavy atom. The number of thiophene rings is 1. The van der Waals surface area contributed by atoms with Gasteiger partial charge in [0, 0.05) is 19.2 Å². The van der Waals surface area contributed by atoms with Crippen LogP contribution in [0.25, 0.3) is 0 Å². The lowest BCUT2D eigenvalue weighted by Crippen LogP contribution is -2.51. The molecule has 0 saturated carbocycles. The first-order chi connectivity index (χ1) is 15.3. The summed E-state index contributed by atoms with van der Waals surface area (Å²) in [6, 6.07) is 12.5. The van der Waals surface area contributed by atoms with E-state index in [1.165, 1.54) is 18.8 Å². The van der Waals surface area contributed by atoms with E-state index in [0.29, 0.717) is 18.6 Å². The molecule has 7 nitrogen and oxygen atoms in total. The molecule has 174 valence electrons. The Morgan fingerprint density at radius 2 is 1.72 bits per heavy atom. The van der Waals surface area contributed by atoms with Gasteiger partial charge in [0.25, 0.3) is 0 Å². The van der Waals surface area contributed by atoms with Gasteiger partial charge in [0.1, 0.15) is 6.04 Å². The van der Waals surface area contributed by atoms with E-state index in [1.54, 1.807) is 16.8 Å². The third kappa shape index (κ3) is 7.96. The van der Waals surface area contributed by atoms with Crippen LogP contribution in [0.5, 0.6) is 0 Å². The highest BCUT2D eigenvalue weighted by atomic mass is 32.2. The maximum absolute atomic E-state index is 13.4. The zero-order valence-corrected chi connectivity index (χ0v) is 20.2. The topological polar surface area (TPSA) is 108 Å². The first-order valence-corrected chi connectivity index (χ1v) is 12.4. The van der Waals surface area contributed by atoms with Gasteiger partial charge in [0.2, 0.25) is 17.7 Å². The van der Waals surface area contributed by atoms with Crippen molar-refractivity contribution in [3.8, 4) is 0 Å². The van der Waals surface area contributed by atoms with Gasteiger partial charge in [-0.1, -0.05) is 50.2 Å². The maximum atomic E-state index is 13.4. The molecule has 0 saturated heterocycles. The lowest BCUT2D eigenvalue weighted by molar-refractivity contribution is -0.140. The van der Waals surface area contributed by atoms with Crippen LogP contribution in [0.4, 0.5) is 0 Å². The van der Waals surface area contributed by atoms with E-state index < -0.39 is 23.8 Å². The van der Waals surface area contributed by atoms with Gasteiger partial charge in [0.15, 0.2) is 0 Å². The van der Waals surface area contributed by atoms with Crippen molar-refractivity contribution in [2.45, 2.75) is 36.9 Å². The fourth-order valence-electron chi connectivity index (χ4n) is 3.45. The molecular weight excluding hydrogens is 446 g/mol. The molecule has 2 rings (SSSR count). The number of hydrogen-bond acceptors (Lipinski definition) is 6. The molecule has 9 heteroatoms. The standard InChI is InChI=1S/C23H31N3O4S2/c1-15(2)12-17(18(22(28)26-30)14-32-20-10-7-11-31-20)21(27)25-19(23(29)24-3)13-16-8-5-4-6-9-16/h4-11,15,17-19,30H,12-14H2,1-3H3,(H,24,29)(H,25,27)(H,26,28)/t17?,18-,19-/m0/s1. The Balaban J connectivity index is 2.23. The molecule has 1 heterocycles. The second-order valence-electron chi connectivity index (χ2n) is 7.93. The monoisotopic (exact) mass is 477 g/mol. The van der Waals surface area contributed by atoms with E-state index in [4.69, 9.17) is 0 Å². The van der Waals surface area contributed by atoms with Gasteiger partial charge in [-0.2, -0.15) is 0 Å². The minimum absolute atomic E-state index is 0.138. The van der Waals surface area contributed by atoms with Crippen molar-refractivity contribution in [3.05, 3.63) is 53.4 Å². The fraction of sp³-hybridized carbons (Fsp3) is 0.435. The summed E-state index contributed by atoms with van der Waals surface area (Å²) in [6.07, 6.45) is 0.780. The summed E-state index contributed by atoms with van der Waals surface area (Å²) in [5, 5.41) is 16.7. The van der Waals surface area contributed by atoms with E-state index in [9.17, 15) is 19.6 Å². The second kappa shape index (κ2) is 13.2. The molecule has 3 atom stereocenters. The smallest absolute Gasteiger partial charge is 0.248 e. The average molecular weight is 478 g/mol. The minimum atomic E-state index is -0.771. The first-order valence-electron chi connectivity index (χ1n) is 10.5. The Labute approximate surface area is 197 Å². The number of carbonyl (C=O) groups is 3. The van der Waals surface area contributed by atoms with E-state index in [1.807, 2.05) is 61.7 Å². The summed E-state index contributed by atoms with van der Waals surface area (Å²) >= 11 is 3.02. The second-order valence-corrected chi connectivity index (χ2v) is 10.2. The quantitative estimate of drug-likeness (QED) is 0.213. The molecule has 0 aliphatic heterocycles. The molecular formula is C23H31N3O4S2. The number of hydrogen-bond donors (Lipinski definition) is 4. The summed E-state index contributed by atoms with van der Waals surface area (Å²) in [4.78, 5) is 38.4. The van der Waals surface area contributed by atoms with E-state index in [-0.39, 0.29) is 17.7 Å². The normalized spacial score (nSPS) is 13.8. The number of hydroxylamine groups is 1. The van der Waals surface area contributed by atoms with Crippen molar-refractivity contribution in [2.24, 2.45) is 17.8 Å². The predicted molar refractivity (Wildman–Crippen MR) is 128 cm³/mol. The zero-order chi connectivity index (χ0) is 23.5. The number of thioether (sulfide) groups is 1. The summed E-state index contributed by atoms with van der Waals surface area (Å²) in [5.41, 5.74) is 2.64. The van der Waals surface area contributed by atoms with Gasteiger partial charge in [-0.25, -0.2) is 5.48 Å². The van der Waals surface area contributed by atoms with Gasteiger partial charge >= 0.3 is 0 Å². The van der Waals surface area contributed by atoms with Crippen LogP contribution in [0.15, 0.2) is 52.1 Å². The molecule has 0 aliphatic rings. The first kappa shape index (κ1) is 25.9. The van der Waals surface area contributed by atoms with Crippen LogP contribution >= 0.6 is 23.1 Å². The minimum Gasteiger partial charge on any atom is -0.357 e. The van der Waals surface area contributed by atoms with Crippen molar-refractivity contribution < 1.29 is 19.6 Å². The van der Waals surface area contributed by atoms with Crippen molar-refractivity contribution in [1.29, 1.82) is 0 Å². The molecule has 0 aliphatic carbocycles. The summed E-state index contributed by atoms with van der Waals surface area (Å²) < 4.78 is 1.02. The van der Waals surface area contributed by atoms with Gasteiger partial charge in [-0.05, 0) is 29.3 Å². The number of likely N-dealkylation sites (N-methyl/N-ethyl adjacent to an activating group) is 1. The van der Waals surface area contributed by atoms with Crippen LogP contribution in [0.1, 0.15) is 25.8 Å². The molecule has 0 bridgehead atoms. The average Bonchev–Trinajstić information content (AvgIpc) is 3.31. The summed E-state index contributed by atoms with van der Waals surface area (Å²) in [5.74, 6) is -2.26. The fourth-order valence-corrected chi connectivity index (χ4v) is 5.44. The Kier molecular flexibility index (Phi) is 10.7. The van der Waals surface area contributed by atoms with Gasteiger partial charge < -0.3 is 10.6 Å². The van der Waals surface area contributed by atoms with Crippen molar-refractivity contribution >= 4 is 40.8 Å². The van der Waals surface area contributed by atoms with Crippen LogP contribution in [0.2, 0.25) is 0 Å². The SMILES string of the molecule is CNC(=O)[C@H](Cc1ccccc1)NC(=O)C(CC(C)C)[C@H](CSc1cccs1)C(=O)NO. The van der Waals surface area contributed by atoms with Crippen molar-refractivity contribution in [2.75, 3.05) is 12.8 Å². The van der Waals surface area contributed by atoms with E-state index >= 15 is 0 Å². The third-order valence-electron chi connectivity index (χ3n) is 5.06. The molecule has 2 aromatic rings. The van der Waals surface area contributed by atoms with Crippen LogP contribution in [0, 0.1) is 17.8 Å². The van der Waals surface area contributed by atoms with Gasteiger partial charge in [-0.3, -0.25) is 19.6 Å². The van der Waals surface area contributed by atoms with Crippen molar-refractivity contribution in [3.63, 3.8) is 0 Å². The number of carbonyl (C=O) groups excluding carboxylic acids is 3. The summed E-state index contributed by atoms with van der Waals surface area (Å²) in [6.45, 7) is 3.95. The number of benzene rings is 1. The van der Waals surface area contributed by atoms with Crippen molar-refractivity contribution in [1.82, 2.24) is 16.1 Å². The van der Waals surface area contributed by atoms with Gasteiger partial charge in [0.05, 0.1) is 16.0 Å². The Morgan fingerprint density at radius 3 is 2.28 bits per heavy atom. The molecule has 1 aromatic heterocycles. The largest absolute Gasteiger partial charge is 0.357 e. The highest BCUT2D eigenvalue weighted by Crippen LogP contribution is 2.31. The zero-order valence-electron chi connectivity index (χ0n) is 18.5. The highest BCUT2D eigenvalue weighted by molar-refractivity contribution is 8.01. The number of amides is 3. The molecule has 1 unspecified atom stereocenters. The third-order valence-corrected chi connectivity index (χ3v) is 7.31. The molecule has 3 amide bonds.